The fourth-order valence-electron chi connectivity index (χ4n) is 1.70. The van der Waals surface area contributed by atoms with Crippen molar-refractivity contribution in [3.8, 4) is 0 Å². The normalized spacial score (nSPS) is 18.5. The van der Waals surface area contributed by atoms with Crippen LogP contribution < -0.4 is 5.32 Å². The van der Waals surface area contributed by atoms with Gasteiger partial charge in [-0.1, -0.05) is 6.92 Å². The lowest BCUT2D eigenvalue weighted by Gasteiger charge is -2.26. The summed E-state index contributed by atoms with van der Waals surface area (Å²) in [5, 5.41) is 11.7. The summed E-state index contributed by atoms with van der Waals surface area (Å²) in [6, 6.07) is 0.0707. The fraction of sp³-hybridized carbons (Fsp3) is 0.818. The molecule has 98 valence electrons. The highest BCUT2D eigenvalue weighted by molar-refractivity contribution is 7.99. The number of carbonyl (C=O) groups is 2. The van der Waals surface area contributed by atoms with E-state index in [1.807, 2.05) is 11.8 Å². The second kappa shape index (κ2) is 6.74. The van der Waals surface area contributed by atoms with E-state index < -0.39 is 11.9 Å². The van der Waals surface area contributed by atoms with Gasteiger partial charge in [0.25, 0.3) is 0 Å². The summed E-state index contributed by atoms with van der Waals surface area (Å²) in [4.78, 5) is 23.9. The Labute approximate surface area is 106 Å². The summed E-state index contributed by atoms with van der Waals surface area (Å²) in [7, 11) is 1.63. The number of carboxylic acids is 1. The molecule has 1 rings (SSSR count). The molecule has 2 N–H and O–H groups in total. The number of nitrogens with one attached hydrogen (secondary N) is 1. The average Bonchev–Trinajstić information content (AvgIpc) is 2.29. The molecule has 1 aliphatic rings. The number of thioether (sulfide) groups is 1. The number of rotatable bonds is 4. The molecule has 0 aromatic rings. The molecule has 0 aliphatic carbocycles. The van der Waals surface area contributed by atoms with E-state index in [9.17, 15) is 9.59 Å². The van der Waals surface area contributed by atoms with Crippen molar-refractivity contribution in [2.75, 3.05) is 25.1 Å². The van der Waals surface area contributed by atoms with Crippen LogP contribution in [0, 0.1) is 5.92 Å². The van der Waals surface area contributed by atoms with E-state index in [0.29, 0.717) is 0 Å². The van der Waals surface area contributed by atoms with Crippen molar-refractivity contribution >= 4 is 23.8 Å². The molecule has 1 fully saturated rings. The van der Waals surface area contributed by atoms with Crippen LogP contribution in [-0.2, 0) is 4.79 Å². The largest absolute Gasteiger partial charge is 0.481 e. The monoisotopic (exact) mass is 260 g/mol. The van der Waals surface area contributed by atoms with Crippen LogP contribution in [0.3, 0.4) is 0 Å². The van der Waals surface area contributed by atoms with Gasteiger partial charge >= 0.3 is 12.0 Å². The Morgan fingerprint density at radius 2 is 2.06 bits per heavy atom. The number of hydrogen-bond acceptors (Lipinski definition) is 3. The summed E-state index contributed by atoms with van der Waals surface area (Å²) >= 11 is 1.91. The van der Waals surface area contributed by atoms with Gasteiger partial charge in [0.2, 0.25) is 0 Å². The maximum Gasteiger partial charge on any atom is 0.317 e. The summed E-state index contributed by atoms with van der Waals surface area (Å²) < 4.78 is 0. The summed E-state index contributed by atoms with van der Waals surface area (Å²) in [5.74, 6) is 0.756. The molecule has 0 aromatic heterocycles. The molecule has 0 aromatic carbocycles. The Balaban J connectivity index is 2.33. The van der Waals surface area contributed by atoms with Gasteiger partial charge in [-0.25, -0.2) is 4.79 Å². The maximum atomic E-state index is 11.8. The SMILES string of the molecule is CC(CN(C)C(=O)NC1CCSCC1)C(=O)O. The van der Waals surface area contributed by atoms with Crippen LogP contribution in [0.25, 0.3) is 0 Å². The number of urea groups is 1. The van der Waals surface area contributed by atoms with Gasteiger partial charge < -0.3 is 15.3 Å². The van der Waals surface area contributed by atoms with Crippen molar-refractivity contribution in [2.45, 2.75) is 25.8 Å². The third-order valence-electron chi connectivity index (χ3n) is 2.86. The zero-order valence-corrected chi connectivity index (χ0v) is 11.1. The molecular formula is C11H20N2O3S. The van der Waals surface area contributed by atoms with Crippen LogP contribution in [0.5, 0.6) is 0 Å². The first-order chi connectivity index (χ1) is 8.00. The third kappa shape index (κ3) is 4.85. The van der Waals surface area contributed by atoms with Crippen LogP contribution in [-0.4, -0.2) is 53.1 Å². The van der Waals surface area contributed by atoms with Crippen LogP contribution in [0.2, 0.25) is 0 Å². The number of amides is 2. The summed E-state index contributed by atoms with van der Waals surface area (Å²) in [5.41, 5.74) is 0. The molecule has 0 bridgehead atoms. The van der Waals surface area contributed by atoms with E-state index in [2.05, 4.69) is 5.32 Å². The van der Waals surface area contributed by atoms with Crippen LogP contribution in [0.1, 0.15) is 19.8 Å². The zero-order valence-electron chi connectivity index (χ0n) is 10.3. The average molecular weight is 260 g/mol. The van der Waals surface area contributed by atoms with Crippen molar-refractivity contribution in [1.29, 1.82) is 0 Å². The predicted octanol–water partition coefficient (Wildman–Crippen LogP) is 1.24. The minimum absolute atomic E-state index is 0.171. The predicted molar refractivity (Wildman–Crippen MR) is 68.3 cm³/mol. The third-order valence-corrected chi connectivity index (χ3v) is 3.91. The van der Waals surface area contributed by atoms with Crippen molar-refractivity contribution in [1.82, 2.24) is 10.2 Å². The molecular weight excluding hydrogens is 240 g/mol. The van der Waals surface area contributed by atoms with Gasteiger partial charge in [0.15, 0.2) is 0 Å². The first-order valence-electron chi connectivity index (χ1n) is 5.83. The number of carbonyl (C=O) groups excluding carboxylic acids is 1. The lowest BCUT2D eigenvalue weighted by molar-refractivity contribution is -0.141. The molecule has 1 saturated heterocycles. The topological polar surface area (TPSA) is 69.6 Å². The molecule has 1 heterocycles. The van der Waals surface area contributed by atoms with E-state index in [1.54, 1.807) is 14.0 Å². The number of nitrogens with zero attached hydrogens (tertiary/aromatic N) is 1. The Hall–Kier alpha value is -0.910. The quantitative estimate of drug-likeness (QED) is 0.798. The molecule has 0 spiro atoms. The Morgan fingerprint density at radius 1 is 1.47 bits per heavy atom. The highest BCUT2D eigenvalue weighted by Crippen LogP contribution is 2.17. The van der Waals surface area contributed by atoms with Crippen LogP contribution in [0.4, 0.5) is 4.79 Å². The molecule has 1 atom stereocenters. The molecule has 6 heteroatoms. The van der Waals surface area contributed by atoms with E-state index in [1.165, 1.54) is 4.90 Å². The zero-order chi connectivity index (χ0) is 12.8. The minimum Gasteiger partial charge on any atom is -0.481 e. The minimum atomic E-state index is -0.876. The smallest absolute Gasteiger partial charge is 0.317 e. The Bertz CT molecular complexity index is 280. The summed E-state index contributed by atoms with van der Waals surface area (Å²) in [6.45, 7) is 1.84. The standard InChI is InChI=1S/C11H20N2O3S/c1-8(10(14)15)7-13(2)11(16)12-9-3-5-17-6-4-9/h8-9H,3-7H2,1-2H3,(H,12,16)(H,14,15). The van der Waals surface area contributed by atoms with Crippen LogP contribution in [0.15, 0.2) is 0 Å². The van der Waals surface area contributed by atoms with Gasteiger partial charge in [0.1, 0.15) is 0 Å². The molecule has 1 aliphatic heterocycles. The van der Waals surface area contributed by atoms with Crippen molar-refractivity contribution in [3.63, 3.8) is 0 Å². The van der Waals surface area contributed by atoms with Crippen molar-refractivity contribution < 1.29 is 14.7 Å². The first-order valence-corrected chi connectivity index (χ1v) is 6.98. The maximum absolute atomic E-state index is 11.8. The molecule has 1 unspecified atom stereocenters. The Kier molecular flexibility index (Phi) is 5.61. The van der Waals surface area contributed by atoms with Gasteiger partial charge in [-0.15, -0.1) is 0 Å². The lowest BCUT2D eigenvalue weighted by atomic mass is 10.1. The first kappa shape index (κ1) is 14.2. The van der Waals surface area contributed by atoms with Crippen molar-refractivity contribution in [2.24, 2.45) is 5.92 Å². The van der Waals surface area contributed by atoms with Gasteiger partial charge in [-0.2, -0.15) is 11.8 Å². The molecule has 17 heavy (non-hydrogen) atoms. The highest BCUT2D eigenvalue weighted by Gasteiger charge is 2.20. The lowest BCUT2D eigenvalue weighted by Crippen LogP contribution is -2.46. The van der Waals surface area contributed by atoms with E-state index >= 15 is 0 Å². The molecule has 5 nitrogen and oxygen atoms in total. The second-order valence-corrected chi connectivity index (χ2v) is 5.68. The van der Waals surface area contributed by atoms with Gasteiger partial charge in [-0.3, -0.25) is 4.79 Å². The number of carboxylic acid groups (broad SMARTS) is 1. The van der Waals surface area contributed by atoms with Crippen LogP contribution >= 0.6 is 11.8 Å². The molecule has 2 amide bonds. The molecule has 0 radical (unpaired) electrons. The van der Waals surface area contributed by atoms with Crippen molar-refractivity contribution in [3.05, 3.63) is 0 Å². The molecule has 0 saturated carbocycles. The van der Waals surface area contributed by atoms with Gasteiger partial charge in [0, 0.05) is 19.6 Å². The fourth-order valence-corrected chi connectivity index (χ4v) is 2.81. The van der Waals surface area contributed by atoms with E-state index in [4.69, 9.17) is 5.11 Å². The van der Waals surface area contributed by atoms with Gasteiger partial charge in [0.05, 0.1) is 5.92 Å². The second-order valence-electron chi connectivity index (χ2n) is 4.46. The Morgan fingerprint density at radius 3 is 2.59 bits per heavy atom. The number of aliphatic carboxylic acids is 1. The van der Waals surface area contributed by atoms with E-state index in [-0.39, 0.29) is 18.6 Å². The van der Waals surface area contributed by atoms with Gasteiger partial charge in [-0.05, 0) is 24.3 Å². The highest BCUT2D eigenvalue weighted by atomic mass is 32.2. The summed E-state index contributed by atoms with van der Waals surface area (Å²) in [6.07, 6.45) is 2.00. The van der Waals surface area contributed by atoms with E-state index in [0.717, 1.165) is 24.3 Å². The number of hydrogen-bond donors (Lipinski definition) is 2.